The van der Waals surface area contributed by atoms with E-state index in [1.54, 1.807) is 12.4 Å². The van der Waals surface area contributed by atoms with Gasteiger partial charge in [-0.25, -0.2) is 0 Å². The number of benzene rings is 1. The molecule has 1 aromatic carbocycles. The van der Waals surface area contributed by atoms with Crippen molar-refractivity contribution in [3.63, 3.8) is 0 Å². The largest absolute Gasteiger partial charge is 0.489 e. The minimum atomic E-state index is 0.1000. The first-order valence-electron chi connectivity index (χ1n) is 11.0. The molecule has 156 valence electrons. The predicted molar refractivity (Wildman–Crippen MR) is 118 cm³/mol. The maximum atomic E-state index is 6.05. The summed E-state index contributed by atoms with van der Waals surface area (Å²) in [5.74, 6) is 1.43. The Hall–Kier alpha value is -2.43. The number of pyridine rings is 1. The van der Waals surface area contributed by atoms with E-state index >= 15 is 0 Å². The fourth-order valence-electron chi connectivity index (χ4n) is 4.88. The van der Waals surface area contributed by atoms with Gasteiger partial charge in [0.2, 0.25) is 0 Å². The quantitative estimate of drug-likeness (QED) is 0.710. The normalized spacial score (nSPS) is 28.0. The molecule has 0 spiro atoms. The van der Waals surface area contributed by atoms with E-state index in [-0.39, 0.29) is 5.41 Å². The summed E-state index contributed by atoms with van der Waals surface area (Å²) >= 11 is 0. The molecule has 1 aliphatic carbocycles. The van der Waals surface area contributed by atoms with E-state index in [0.29, 0.717) is 18.6 Å². The minimum Gasteiger partial charge on any atom is -0.489 e. The van der Waals surface area contributed by atoms with Gasteiger partial charge in [0.1, 0.15) is 12.4 Å². The Morgan fingerprint density at radius 3 is 2.83 bits per heavy atom. The standard InChI is InChI=1S/C26H30N2O2/c1-26(25-10-15-29-25)11-3-2-4-23(26)18-28-14-9-21-5-6-24(16-22(21)17-28)30-19-20-7-12-27-13-8-20/h2-8,11-13,16,23,25H,9-10,14-15,17-19H2,1H3. The van der Waals surface area contributed by atoms with Gasteiger partial charge >= 0.3 is 0 Å². The number of hydrogen-bond acceptors (Lipinski definition) is 4. The van der Waals surface area contributed by atoms with E-state index in [1.807, 2.05) is 12.1 Å². The van der Waals surface area contributed by atoms with E-state index < -0.39 is 0 Å². The first kappa shape index (κ1) is 19.5. The second kappa shape index (κ2) is 8.37. The molecule has 4 heteroatoms. The number of hydrogen-bond donors (Lipinski definition) is 0. The van der Waals surface area contributed by atoms with Crippen molar-refractivity contribution >= 4 is 0 Å². The zero-order valence-corrected chi connectivity index (χ0v) is 17.7. The average molecular weight is 403 g/mol. The number of rotatable bonds is 6. The molecule has 3 atom stereocenters. The fraction of sp³-hybridized carbons (Fsp3) is 0.423. The number of fused-ring (bicyclic) bond motifs is 1. The topological polar surface area (TPSA) is 34.6 Å². The summed E-state index contributed by atoms with van der Waals surface area (Å²) < 4.78 is 12.0. The Kier molecular flexibility index (Phi) is 5.45. The van der Waals surface area contributed by atoms with Crippen LogP contribution >= 0.6 is 0 Å². The zero-order chi connectivity index (χ0) is 20.4. The molecule has 3 heterocycles. The third-order valence-corrected chi connectivity index (χ3v) is 6.98. The van der Waals surface area contributed by atoms with Crippen LogP contribution in [0.1, 0.15) is 30.0 Å². The maximum Gasteiger partial charge on any atom is 0.120 e. The third kappa shape index (κ3) is 3.94. The highest BCUT2D eigenvalue weighted by molar-refractivity contribution is 5.37. The van der Waals surface area contributed by atoms with Crippen molar-refractivity contribution in [2.24, 2.45) is 11.3 Å². The van der Waals surface area contributed by atoms with Crippen molar-refractivity contribution < 1.29 is 9.47 Å². The molecular weight excluding hydrogens is 372 g/mol. The summed E-state index contributed by atoms with van der Waals surface area (Å²) in [7, 11) is 0. The fourth-order valence-corrected chi connectivity index (χ4v) is 4.88. The van der Waals surface area contributed by atoms with Gasteiger partial charge in [0.15, 0.2) is 0 Å². The van der Waals surface area contributed by atoms with Crippen molar-refractivity contribution in [1.82, 2.24) is 9.88 Å². The molecule has 5 rings (SSSR count). The summed E-state index contributed by atoms with van der Waals surface area (Å²) in [5.41, 5.74) is 4.08. The molecule has 30 heavy (non-hydrogen) atoms. The van der Waals surface area contributed by atoms with E-state index in [2.05, 4.69) is 59.3 Å². The summed E-state index contributed by atoms with van der Waals surface area (Å²) in [6, 6.07) is 10.6. The van der Waals surface area contributed by atoms with Gasteiger partial charge in [-0.2, -0.15) is 0 Å². The van der Waals surface area contributed by atoms with Crippen LogP contribution in [0.5, 0.6) is 5.75 Å². The van der Waals surface area contributed by atoms with Gasteiger partial charge in [-0.15, -0.1) is 0 Å². The average Bonchev–Trinajstić information content (AvgIpc) is 2.73. The van der Waals surface area contributed by atoms with Crippen LogP contribution in [0.25, 0.3) is 0 Å². The van der Waals surface area contributed by atoms with E-state index in [1.165, 1.54) is 17.5 Å². The molecular formula is C26H30N2O2. The molecule has 3 unspecified atom stereocenters. The SMILES string of the molecule is CC1(C2CCO2)C=CC=CC1CN1CCc2ccc(OCc3ccncc3)cc2C1. The zero-order valence-electron chi connectivity index (χ0n) is 17.7. The molecule has 0 N–H and O–H groups in total. The van der Waals surface area contributed by atoms with Crippen LogP contribution < -0.4 is 4.74 Å². The van der Waals surface area contributed by atoms with Gasteiger partial charge in [0.25, 0.3) is 0 Å². The molecule has 1 aromatic heterocycles. The molecule has 0 radical (unpaired) electrons. The van der Waals surface area contributed by atoms with Crippen LogP contribution in [0.2, 0.25) is 0 Å². The molecule has 0 saturated carbocycles. The van der Waals surface area contributed by atoms with E-state index in [4.69, 9.17) is 9.47 Å². The molecule has 4 nitrogen and oxygen atoms in total. The van der Waals surface area contributed by atoms with Crippen molar-refractivity contribution in [2.75, 3.05) is 19.7 Å². The number of aromatic nitrogens is 1. The lowest BCUT2D eigenvalue weighted by atomic mass is 9.68. The maximum absolute atomic E-state index is 6.05. The number of ether oxygens (including phenoxy) is 2. The summed E-state index contributed by atoms with van der Waals surface area (Å²) in [5, 5.41) is 0. The van der Waals surface area contributed by atoms with Gasteiger partial charge in [0, 0.05) is 50.0 Å². The lowest BCUT2D eigenvalue weighted by Gasteiger charge is -2.47. The van der Waals surface area contributed by atoms with Crippen LogP contribution in [0, 0.1) is 11.3 Å². The molecule has 0 amide bonds. The summed E-state index contributed by atoms with van der Waals surface area (Å²) in [4.78, 5) is 6.66. The lowest BCUT2D eigenvalue weighted by Crippen LogP contribution is -2.49. The minimum absolute atomic E-state index is 0.1000. The van der Waals surface area contributed by atoms with Crippen LogP contribution in [0.15, 0.2) is 67.0 Å². The molecule has 3 aliphatic rings. The van der Waals surface area contributed by atoms with E-state index in [0.717, 1.165) is 44.0 Å². The summed E-state index contributed by atoms with van der Waals surface area (Å²) in [6.45, 7) is 7.01. The van der Waals surface area contributed by atoms with Gasteiger partial charge < -0.3 is 9.47 Å². The number of nitrogens with zero attached hydrogens (tertiary/aromatic N) is 2. The van der Waals surface area contributed by atoms with Crippen LogP contribution in [-0.4, -0.2) is 35.7 Å². The second-order valence-corrected chi connectivity index (χ2v) is 8.92. The van der Waals surface area contributed by atoms with Gasteiger partial charge in [-0.3, -0.25) is 9.88 Å². The Morgan fingerprint density at radius 2 is 2.03 bits per heavy atom. The van der Waals surface area contributed by atoms with Gasteiger partial charge in [-0.05, 0) is 53.8 Å². The Balaban J connectivity index is 1.25. The summed E-state index contributed by atoms with van der Waals surface area (Å²) in [6.07, 6.45) is 15.4. The van der Waals surface area contributed by atoms with Crippen LogP contribution in [-0.2, 0) is 24.3 Å². The highest BCUT2D eigenvalue weighted by Crippen LogP contribution is 2.43. The van der Waals surface area contributed by atoms with Gasteiger partial charge in [0.05, 0.1) is 6.10 Å². The van der Waals surface area contributed by atoms with Crippen LogP contribution in [0.4, 0.5) is 0 Å². The third-order valence-electron chi connectivity index (χ3n) is 6.98. The monoisotopic (exact) mass is 402 g/mol. The van der Waals surface area contributed by atoms with Crippen molar-refractivity contribution in [3.8, 4) is 5.75 Å². The predicted octanol–water partition coefficient (Wildman–Crippen LogP) is 4.56. The smallest absolute Gasteiger partial charge is 0.120 e. The van der Waals surface area contributed by atoms with Crippen molar-refractivity contribution in [1.29, 1.82) is 0 Å². The molecule has 0 bridgehead atoms. The molecule has 2 aromatic rings. The highest BCUT2D eigenvalue weighted by atomic mass is 16.5. The lowest BCUT2D eigenvalue weighted by molar-refractivity contribution is -0.120. The first-order valence-corrected chi connectivity index (χ1v) is 11.0. The Labute approximate surface area is 179 Å². The molecule has 1 fully saturated rings. The Morgan fingerprint density at radius 1 is 1.17 bits per heavy atom. The first-order chi connectivity index (χ1) is 14.7. The molecule has 2 aliphatic heterocycles. The number of allylic oxidation sites excluding steroid dienone is 2. The molecule has 1 saturated heterocycles. The van der Waals surface area contributed by atoms with Crippen LogP contribution in [0.3, 0.4) is 0 Å². The van der Waals surface area contributed by atoms with E-state index in [9.17, 15) is 0 Å². The highest BCUT2D eigenvalue weighted by Gasteiger charge is 2.43. The van der Waals surface area contributed by atoms with Gasteiger partial charge in [-0.1, -0.05) is 37.3 Å². The Bertz CT molecular complexity index is 935. The second-order valence-electron chi connectivity index (χ2n) is 8.92. The van der Waals surface area contributed by atoms with Crippen molar-refractivity contribution in [2.45, 2.75) is 39.0 Å². The van der Waals surface area contributed by atoms with Crippen molar-refractivity contribution in [3.05, 3.63) is 83.7 Å².